The Morgan fingerprint density at radius 1 is 0.862 bits per heavy atom. The van der Waals surface area contributed by atoms with Crippen molar-refractivity contribution >= 4 is 22.4 Å². The lowest BCUT2D eigenvalue weighted by atomic mass is 10.2. The van der Waals surface area contributed by atoms with Crippen molar-refractivity contribution in [3.63, 3.8) is 0 Å². The van der Waals surface area contributed by atoms with E-state index in [-0.39, 0.29) is 0 Å². The number of nitrogens with zero attached hydrogens (tertiary/aromatic N) is 3. The molecule has 1 N–H and O–H groups in total. The van der Waals surface area contributed by atoms with Crippen molar-refractivity contribution in [2.45, 2.75) is 40.0 Å². The monoisotopic (exact) mass is 388 g/mol. The van der Waals surface area contributed by atoms with Gasteiger partial charge in [0.15, 0.2) is 0 Å². The molecule has 4 heteroatoms. The predicted molar refractivity (Wildman–Crippen MR) is 125 cm³/mol. The lowest BCUT2D eigenvalue weighted by Gasteiger charge is -2.23. The number of rotatable bonds is 8. The zero-order valence-electron chi connectivity index (χ0n) is 18.1. The summed E-state index contributed by atoms with van der Waals surface area (Å²) >= 11 is 0. The lowest BCUT2D eigenvalue weighted by Crippen LogP contribution is -2.24. The van der Waals surface area contributed by atoms with Crippen molar-refractivity contribution in [3.05, 3.63) is 53.9 Å². The van der Waals surface area contributed by atoms with E-state index in [1.807, 2.05) is 6.20 Å². The molecule has 0 atom stereocenters. The van der Waals surface area contributed by atoms with Crippen molar-refractivity contribution in [1.82, 2.24) is 9.97 Å². The molecule has 1 aromatic carbocycles. The first-order valence-corrected chi connectivity index (χ1v) is 10.7. The molecule has 0 saturated heterocycles. The molecule has 0 bridgehead atoms. The summed E-state index contributed by atoms with van der Waals surface area (Å²) < 4.78 is 0. The van der Waals surface area contributed by atoms with Gasteiger partial charge in [0.1, 0.15) is 5.65 Å². The highest BCUT2D eigenvalue weighted by molar-refractivity contribution is 5.81. The molecule has 152 valence electrons. The summed E-state index contributed by atoms with van der Waals surface area (Å²) in [4.78, 5) is 12.6. The number of aromatic nitrogens is 2. The Kier molecular flexibility index (Phi) is 7.19. The Bertz CT molecular complexity index is 969. The van der Waals surface area contributed by atoms with Gasteiger partial charge in [-0.15, -0.1) is 0 Å². The van der Waals surface area contributed by atoms with E-state index < -0.39 is 0 Å². The van der Waals surface area contributed by atoms with Crippen molar-refractivity contribution in [2.24, 2.45) is 0 Å². The summed E-state index contributed by atoms with van der Waals surface area (Å²) in [5, 5.41) is 1.11. The number of H-pyrrole nitrogens is 1. The molecule has 0 unspecified atom stereocenters. The Hall–Kier alpha value is -2.93. The number of anilines is 2. The molecule has 2 aromatic heterocycles. The van der Waals surface area contributed by atoms with Crippen LogP contribution in [0.3, 0.4) is 0 Å². The van der Waals surface area contributed by atoms with E-state index in [1.165, 1.54) is 11.4 Å². The van der Waals surface area contributed by atoms with Gasteiger partial charge < -0.3 is 14.8 Å². The average molecular weight is 389 g/mol. The second-order valence-corrected chi connectivity index (χ2v) is 7.52. The predicted octanol–water partition coefficient (Wildman–Crippen LogP) is 5.44. The minimum Gasteiger partial charge on any atom is -0.375 e. The number of fused-ring (bicyclic) bond motifs is 1. The summed E-state index contributed by atoms with van der Waals surface area (Å²) in [6.45, 7) is 9.80. The standard InChI is InChI=1S/C25H32N4/c1-5-14-28(4)23-12-9-20(10-13-23)8-11-22-17-21-18-24(19-26-25(21)27-22)29(15-6-2)16-7-3/h9-10,12-13,17-19H,5-7,14-16H2,1-4H3,(H,26,27). The fourth-order valence-electron chi connectivity index (χ4n) is 3.56. The Morgan fingerprint density at radius 3 is 2.21 bits per heavy atom. The lowest BCUT2D eigenvalue weighted by molar-refractivity contribution is 0.744. The number of benzene rings is 1. The van der Waals surface area contributed by atoms with Gasteiger partial charge in [0, 0.05) is 43.3 Å². The van der Waals surface area contributed by atoms with Crippen LogP contribution in [0.25, 0.3) is 11.0 Å². The number of hydrogen-bond acceptors (Lipinski definition) is 3. The molecule has 0 fully saturated rings. The van der Waals surface area contributed by atoms with Gasteiger partial charge in [-0.2, -0.15) is 0 Å². The quantitative estimate of drug-likeness (QED) is 0.522. The highest BCUT2D eigenvalue weighted by Gasteiger charge is 2.08. The van der Waals surface area contributed by atoms with Crippen LogP contribution in [0.15, 0.2) is 42.6 Å². The van der Waals surface area contributed by atoms with Crippen LogP contribution in [0, 0.1) is 11.8 Å². The molecule has 4 nitrogen and oxygen atoms in total. The zero-order valence-corrected chi connectivity index (χ0v) is 18.1. The molecule has 0 spiro atoms. The maximum absolute atomic E-state index is 4.62. The van der Waals surface area contributed by atoms with Crippen LogP contribution >= 0.6 is 0 Å². The average Bonchev–Trinajstić information content (AvgIpc) is 3.15. The molecule has 0 aliphatic rings. The summed E-state index contributed by atoms with van der Waals surface area (Å²) in [5.41, 5.74) is 5.22. The number of aromatic amines is 1. The van der Waals surface area contributed by atoms with Crippen LogP contribution < -0.4 is 9.80 Å². The molecule has 3 rings (SSSR count). The number of pyridine rings is 1. The van der Waals surface area contributed by atoms with Gasteiger partial charge in [0.05, 0.1) is 17.6 Å². The van der Waals surface area contributed by atoms with Crippen LogP contribution in [0.4, 0.5) is 11.4 Å². The molecule has 0 saturated carbocycles. The first-order valence-electron chi connectivity index (χ1n) is 10.7. The van der Waals surface area contributed by atoms with Crippen molar-refractivity contribution < 1.29 is 0 Å². The Labute approximate surface area is 174 Å². The van der Waals surface area contributed by atoms with E-state index >= 15 is 0 Å². The van der Waals surface area contributed by atoms with Gasteiger partial charge >= 0.3 is 0 Å². The van der Waals surface area contributed by atoms with E-state index in [9.17, 15) is 0 Å². The molecule has 0 amide bonds. The molecule has 0 aliphatic heterocycles. The third-order valence-electron chi connectivity index (χ3n) is 5.02. The van der Waals surface area contributed by atoms with Crippen LogP contribution in [-0.2, 0) is 0 Å². The van der Waals surface area contributed by atoms with Crippen LogP contribution in [0.2, 0.25) is 0 Å². The molecule has 29 heavy (non-hydrogen) atoms. The van der Waals surface area contributed by atoms with E-state index in [4.69, 9.17) is 0 Å². The molecule has 0 aliphatic carbocycles. The zero-order chi connectivity index (χ0) is 20.6. The van der Waals surface area contributed by atoms with Crippen LogP contribution in [0.1, 0.15) is 51.3 Å². The molecular weight excluding hydrogens is 356 g/mol. The van der Waals surface area contributed by atoms with E-state index in [2.05, 4.69) is 95.8 Å². The third-order valence-corrected chi connectivity index (χ3v) is 5.02. The molecule has 0 radical (unpaired) electrons. The highest BCUT2D eigenvalue weighted by atomic mass is 15.1. The van der Waals surface area contributed by atoms with Gasteiger partial charge in [0.25, 0.3) is 0 Å². The van der Waals surface area contributed by atoms with E-state index in [1.54, 1.807) is 0 Å². The smallest absolute Gasteiger partial charge is 0.138 e. The van der Waals surface area contributed by atoms with Crippen molar-refractivity contribution in [3.8, 4) is 11.8 Å². The SMILES string of the molecule is CCCN(C)c1ccc(C#Cc2cc3cc(N(CCC)CCC)cnc3[nH]2)cc1. The van der Waals surface area contributed by atoms with Crippen molar-refractivity contribution in [2.75, 3.05) is 36.5 Å². The fourth-order valence-corrected chi connectivity index (χ4v) is 3.56. The van der Waals surface area contributed by atoms with Crippen LogP contribution in [0.5, 0.6) is 0 Å². The van der Waals surface area contributed by atoms with Crippen molar-refractivity contribution in [1.29, 1.82) is 0 Å². The summed E-state index contributed by atoms with van der Waals surface area (Å²) in [5.74, 6) is 6.51. The van der Waals surface area contributed by atoms with Gasteiger partial charge in [-0.25, -0.2) is 4.98 Å². The fraction of sp³-hybridized carbons (Fsp3) is 0.400. The van der Waals surface area contributed by atoms with Gasteiger partial charge in [-0.05, 0) is 61.6 Å². The second kappa shape index (κ2) is 10.0. The molecule has 2 heterocycles. The third kappa shape index (κ3) is 5.32. The topological polar surface area (TPSA) is 35.2 Å². The normalized spacial score (nSPS) is 10.6. The van der Waals surface area contributed by atoms with Gasteiger partial charge in [0.2, 0.25) is 0 Å². The summed E-state index contributed by atoms with van der Waals surface area (Å²) in [7, 11) is 2.12. The largest absolute Gasteiger partial charge is 0.375 e. The second-order valence-electron chi connectivity index (χ2n) is 7.52. The molecule has 3 aromatic rings. The highest BCUT2D eigenvalue weighted by Crippen LogP contribution is 2.21. The minimum atomic E-state index is 0.891. The molecular formula is C25H32N4. The van der Waals surface area contributed by atoms with E-state index in [0.29, 0.717) is 0 Å². The number of hydrogen-bond donors (Lipinski definition) is 1. The number of nitrogens with one attached hydrogen (secondary N) is 1. The Morgan fingerprint density at radius 2 is 1.55 bits per heavy atom. The summed E-state index contributed by atoms with van der Waals surface area (Å²) in [6.07, 6.45) is 5.37. The first-order chi connectivity index (χ1) is 14.1. The maximum Gasteiger partial charge on any atom is 0.138 e. The summed E-state index contributed by atoms with van der Waals surface area (Å²) in [6, 6.07) is 12.7. The van der Waals surface area contributed by atoms with E-state index in [0.717, 1.165) is 61.2 Å². The van der Waals surface area contributed by atoms with Gasteiger partial charge in [-0.3, -0.25) is 0 Å². The minimum absolute atomic E-state index is 0.891. The van der Waals surface area contributed by atoms with Crippen LogP contribution in [-0.4, -0.2) is 36.6 Å². The van der Waals surface area contributed by atoms with Gasteiger partial charge in [-0.1, -0.05) is 26.7 Å². The first kappa shape index (κ1) is 20.8. The maximum atomic E-state index is 4.62. The Balaban J connectivity index is 1.78.